The Bertz CT molecular complexity index is 1410. The summed E-state index contributed by atoms with van der Waals surface area (Å²) in [6.45, 7) is 6.49. The monoisotopic (exact) mass is 450 g/mol. The van der Waals surface area contributed by atoms with Crippen molar-refractivity contribution in [1.82, 2.24) is 9.47 Å². The van der Waals surface area contributed by atoms with Gasteiger partial charge < -0.3 is 9.30 Å². The molecule has 0 radical (unpaired) electrons. The number of amides is 2. The van der Waals surface area contributed by atoms with E-state index >= 15 is 0 Å². The Morgan fingerprint density at radius 1 is 0.971 bits per heavy atom. The Kier molecular flexibility index (Phi) is 5.54. The number of carbonyl (C=O) groups is 2. The second kappa shape index (κ2) is 8.67. The minimum Gasteiger partial charge on any atom is -0.446 e. The van der Waals surface area contributed by atoms with E-state index in [0.717, 1.165) is 27.7 Å². The number of rotatable bonds is 4. The zero-order valence-corrected chi connectivity index (χ0v) is 19.5. The molecule has 1 fully saturated rings. The number of hydrogen-bond donors (Lipinski definition) is 0. The van der Waals surface area contributed by atoms with E-state index in [1.165, 1.54) is 27.7 Å². The molecule has 0 saturated carbocycles. The van der Waals surface area contributed by atoms with Gasteiger partial charge in [-0.15, -0.1) is 0 Å². The SMILES string of the molecule is Cc1cc(C)c(-n2cc(/C=C/C(=O)N3C(=O)OCC3c3ccccc3)c3ccccc32)c(C)c1. The maximum absolute atomic E-state index is 13.1. The van der Waals surface area contributed by atoms with Crippen LogP contribution in [0, 0.1) is 20.8 Å². The molecule has 0 bridgehead atoms. The molecular formula is C29H26N2O3. The standard InChI is InChI=1S/C29H26N2O3/c1-19-15-20(2)28(21(3)16-19)30-17-23(24-11-7-8-12-25(24)30)13-14-27(32)31-26(18-34-29(31)33)22-9-5-4-6-10-22/h4-17,26H,18H2,1-3H3/b14-13+. The van der Waals surface area contributed by atoms with Gasteiger partial charge in [-0.1, -0.05) is 66.2 Å². The predicted molar refractivity (Wildman–Crippen MR) is 134 cm³/mol. The van der Waals surface area contributed by atoms with Gasteiger partial charge >= 0.3 is 6.09 Å². The van der Waals surface area contributed by atoms with E-state index in [1.54, 1.807) is 6.08 Å². The summed E-state index contributed by atoms with van der Waals surface area (Å²) in [6, 6.07) is 21.5. The second-order valence-corrected chi connectivity index (χ2v) is 8.76. The largest absolute Gasteiger partial charge is 0.446 e. The van der Waals surface area contributed by atoms with Crippen LogP contribution < -0.4 is 0 Å². The molecule has 5 heteroatoms. The fourth-order valence-corrected chi connectivity index (χ4v) is 4.90. The normalized spacial score (nSPS) is 15.9. The number of cyclic esters (lactones) is 1. The average molecular weight is 451 g/mol. The number of aryl methyl sites for hydroxylation is 3. The fraction of sp³-hybridized carbons (Fsp3) is 0.172. The van der Waals surface area contributed by atoms with Gasteiger partial charge in [0, 0.05) is 23.2 Å². The minimum atomic E-state index is -0.614. The summed E-state index contributed by atoms with van der Waals surface area (Å²) in [4.78, 5) is 26.7. The smallest absolute Gasteiger partial charge is 0.417 e. The molecule has 0 N–H and O–H groups in total. The summed E-state index contributed by atoms with van der Waals surface area (Å²) in [6.07, 6.45) is 4.68. The first-order valence-electron chi connectivity index (χ1n) is 11.4. The third kappa shape index (κ3) is 3.79. The van der Waals surface area contributed by atoms with E-state index in [0.29, 0.717) is 0 Å². The van der Waals surface area contributed by atoms with Crippen LogP contribution in [0.15, 0.2) is 79.0 Å². The van der Waals surface area contributed by atoms with E-state index in [-0.39, 0.29) is 6.61 Å². The number of carbonyl (C=O) groups excluding carboxylic acids is 2. The number of aromatic nitrogens is 1. The zero-order chi connectivity index (χ0) is 23.8. The van der Waals surface area contributed by atoms with E-state index in [9.17, 15) is 9.59 Å². The summed E-state index contributed by atoms with van der Waals surface area (Å²) in [5.41, 5.74) is 7.59. The van der Waals surface area contributed by atoms with Gasteiger partial charge in [-0.05, 0) is 49.6 Å². The summed E-state index contributed by atoms with van der Waals surface area (Å²) in [5, 5.41) is 1.04. The maximum atomic E-state index is 13.1. The first-order chi connectivity index (χ1) is 16.4. The molecule has 1 aliphatic heterocycles. The van der Waals surface area contributed by atoms with Gasteiger partial charge in [0.25, 0.3) is 5.91 Å². The summed E-state index contributed by atoms with van der Waals surface area (Å²) in [5.74, 6) is -0.393. The van der Waals surface area contributed by atoms with Gasteiger partial charge in [0.15, 0.2) is 0 Å². The van der Waals surface area contributed by atoms with Gasteiger partial charge in [0.1, 0.15) is 12.6 Å². The molecule has 3 aromatic carbocycles. The number of para-hydroxylation sites is 1. The fourth-order valence-electron chi connectivity index (χ4n) is 4.90. The number of hydrogen-bond acceptors (Lipinski definition) is 3. The predicted octanol–water partition coefficient (Wildman–Crippen LogP) is 6.29. The molecule has 0 aliphatic carbocycles. The first-order valence-corrected chi connectivity index (χ1v) is 11.4. The molecule has 5 rings (SSSR count). The lowest BCUT2D eigenvalue weighted by Gasteiger charge is -2.18. The third-order valence-corrected chi connectivity index (χ3v) is 6.32. The molecular weight excluding hydrogens is 424 g/mol. The van der Waals surface area contributed by atoms with E-state index in [4.69, 9.17) is 4.74 Å². The highest BCUT2D eigenvalue weighted by Gasteiger charge is 2.37. The van der Waals surface area contributed by atoms with Crippen LogP contribution in [0.25, 0.3) is 22.7 Å². The summed E-state index contributed by atoms with van der Waals surface area (Å²) in [7, 11) is 0. The van der Waals surface area contributed by atoms with Crippen LogP contribution in [0.4, 0.5) is 4.79 Å². The van der Waals surface area contributed by atoms with E-state index < -0.39 is 18.0 Å². The van der Waals surface area contributed by atoms with Gasteiger partial charge in [-0.25, -0.2) is 9.69 Å². The lowest BCUT2D eigenvalue weighted by Crippen LogP contribution is -2.32. The van der Waals surface area contributed by atoms with Crippen molar-refractivity contribution in [2.75, 3.05) is 6.61 Å². The average Bonchev–Trinajstić information content (AvgIpc) is 3.38. The van der Waals surface area contributed by atoms with Gasteiger partial charge in [-0.2, -0.15) is 0 Å². The molecule has 4 aromatic rings. The van der Waals surface area contributed by atoms with E-state index in [1.807, 2.05) is 48.5 Å². The molecule has 1 aliphatic rings. The van der Waals surface area contributed by atoms with Crippen LogP contribution in [-0.4, -0.2) is 28.1 Å². The Morgan fingerprint density at radius 3 is 2.38 bits per heavy atom. The number of fused-ring (bicyclic) bond motifs is 1. The Balaban J connectivity index is 1.52. The topological polar surface area (TPSA) is 51.5 Å². The molecule has 0 spiro atoms. The first kappa shape index (κ1) is 21.7. The van der Waals surface area contributed by atoms with Crippen LogP contribution in [-0.2, 0) is 9.53 Å². The molecule has 2 heterocycles. The van der Waals surface area contributed by atoms with Gasteiger partial charge in [0.2, 0.25) is 0 Å². The number of nitrogens with zero attached hydrogens (tertiary/aromatic N) is 2. The van der Waals surface area contributed by atoms with Crippen molar-refractivity contribution in [3.63, 3.8) is 0 Å². The van der Waals surface area contributed by atoms with Crippen LogP contribution in [0.3, 0.4) is 0 Å². The van der Waals surface area contributed by atoms with Gasteiger partial charge in [0.05, 0.1) is 11.2 Å². The van der Waals surface area contributed by atoms with Crippen molar-refractivity contribution in [3.05, 3.63) is 107 Å². The summed E-state index contributed by atoms with van der Waals surface area (Å²) < 4.78 is 7.38. The van der Waals surface area contributed by atoms with Crippen molar-refractivity contribution < 1.29 is 14.3 Å². The Labute approximate surface area is 198 Å². The zero-order valence-electron chi connectivity index (χ0n) is 19.5. The van der Waals surface area contributed by atoms with Crippen molar-refractivity contribution in [2.24, 2.45) is 0 Å². The van der Waals surface area contributed by atoms with Crippen LogP contribution in [0.2, 0.25) is 0 Å². The number of imide groups is 1. The third-order valence-electron chi connectivity index (χ3n) is 6.32. The molecule has 170 valence electrons. The highest BCUT2D eigenvalue weighted by atomic mass is 16.6. The van der Waals surface area contributed by atoms with Crippen molar-refractivity contribution in [1.29, 1.82) is 0 Å². The van der Waals surface area contributed by atoms with Crippen LogP contribution in [0.1, 0.15) is 33.9 Å². The molecule has 1 aromatic heterocycles. The lowest BCUT2D eigenvalue weighted by molar-refractivity contribution is -0.124. The molecule has 5 nitrogen and oxygen atoms in total. The Hall–Kier alpha value is -4.12. The number of ether oxygens (including phenoxy) is 1. The lowest BCUT2D eigenvalue weighted by atomic mass is 10.0. The molecule has 2 amide bonds. The van der Waals surface area contributed by atoms with Crippen LogP contribution in [0.5, 0.6) is 0 Å². The van der Waals surface area contributed by atoms with Crippen molar-refractivity contribution in [3.8, 4) is 5.69 Å². The van der Waals surface area contributed by atoms with Crippen molar-refractivity contribution in [2.45, 2.75) is 26.8 Å². The molecule has 1 unspecified atom stereocenters. The minimum absolute atomic E-state index is 0.160. The molecule has 1 saturated heterocycles. The summed E-state index contributed by atoms with van der Waals surface area (Å²) >= 11 is 0. The Morgan fingerprint density at radius 2 is 1.65 bits per heavy atom. The maximum Gasteiger partial charge on any atom is 0.417 e. The van der Waals surface area contributed by atoms with Crippen LogP contribution >= 0.6 is 0 Å². The highest BCUT2D eigenvalue weighted by molar-refractivity contribution is 6.03. The highest BCUT2D eigenvalue weighted by Crippen LogP contribution is 2.31. The quantitative estimate of drug-likeness (QED) is 0.343. The molecule has 1 atom stereocenters. The number of benzene rings is 3. The van der Waals surface area contributed by atoms with Gasteiger partial charge in [-0.3, -0.25) is 4.79 Å². The molecule has 34 heavy (non-hydrogen) atoms. The second-order valence-electron chi connectivity index (χ2n) is 8.76. The van der Waals surface area contributed by atoms with Crippen molar-refractivity contribution >= 4 is 29.0 Å². The van der Waals surface area contributed by atoms with E-state index in [2.05, 4.69) is 49.7 Å².